The van der Waals surface area contributed by atoms with Crippen LogP contribution in [-0.4, -0.2) is 51.5 Å². The smallest absolute Gasteiger partial charge is 0.434 e. The van der Waals surface area contributed by atoms with Gasteiger partial charge in [0.2, 0.25) is 0 Å². The Morgan fingerprint density at radius 2 is 1.70 bits per heavy atom. The number of rotatable bonds is 1. The summed E-state index contributed by atoms with van der Waals surface area (Å²) in [7, 11) is 0. The average Bonchev–Trinajstić information content (AvgIpc) is 3.24. The van der Waals surface area contributed by atoms with Crippen molar-refractivity contribution < 1.29 is 14.4 Å². The summed E-state index contributed by atoms with van der Waals surface area (Å²) in [4.78, 5) is 18.6. The molecule has 0 aromatic carbocycles. The summed E-state index contributed by atoms with van der Waals surface area (Å²) < 4.78 is 5.59. The minimum absolute atomic E-state index is 0.00199. The van der Waals surface area contributed by atoms with Crippen LogP contribution in [0.3, 0.4) is 0 Å². The lowest BCUT2D eigenvalue weighted by Gasteiger charge is -2.60. The van der Waals surface area contributed by atoms with E-state index in [9.17, 15) is 4.79 Å². The van der Waals surface area contributed by atoms with Gasteiger partial charge in [-0.25, -0.2) is 4.79 Å². The largest absolute Gasteiger partial charge is 0.442 e. The Morgan fingerprint density at radius 3 is 2.30 bits per heavy atom. The quantitative estimate of drug-likeness (QED) is 0.702. The number of carbonyl (C=O) groups excluding carboxylic acids is 1. The molecule has 0 aromatic heterocycles. The highest BCUT2D eigenvalue weighted by atomic mass is 16.7. The van der Waals surface area contributed by atoms with Gasteiger partial charge in [-0.3, -0.25) is 9.85 Å². The molecule has 0 aromatic rings. The summed E-state index contributed by atoms with van der Waals surface area (Å²) in [6.07, 6.45) is 8.44. The fourth-order valence-corrected chi connectivity index (χ4v) is 7.40. The van der Waals surface area contributed by atoms with Crippen LogP contribution in [0.2, 0.25) is 0 Å². The Hall–Kier alpha value is -1.37. The molecular formula is C20H30N4O3. The molecule has 7 heteroatoms. The molecule has 27 heavy (non-hydrogen) atoms. The third-order valence-corrected chi connectivity index (χ3v) is 7.78. The molecule has 0 unspecified atom stereocenters. The van der Waals surface area contributed by atoms with Crippen LogP contribution in [0.4, 0.5) is 4.79 Å². The van der Waals surface area contributed by atoms with Gasteiger partial charge in [0.1, 0.15) is 17.7 Å². The Labute approximate surface area is 160 Å². The molecule has 0 spiro atoms. The summed E-state index contributed by atoms with van der Waals surface area (Å²) in [5, 5.41) is 13.2. The van der Waals surface area contributed by atoms with Crippen molar-refractivity contribution in [1.29, 1.82) is 0 Å². The Balaban J connectivity index is 1.27. The van der Waals surface area contributed by atoms with E-state index in [0.717, 1.165) is 24.2 Å². The van der Waals surface area contributed by atoms with Crippen LogP contribution in [0.5, 0.6) is 0 Å². The number of fused-ring (bicyclic) bond motifs is 5. The summed E-state index contributed by atoms with van der Waals surface area (Å²) in [5.41, 5.74) is -0.354. The van der Waals surface area contributed by atoms with Crippen LogP contribution in [0, 0.1) is 17.8 Å². The van der Waals surface area contributed by atoms with Crippen LogP contribution in [0.1, 0.15) is 65.7 Å². The molecule has 7 aliphatic rings. The zero-order valence-corrected chi connectivity index (χ0v) is 16.5. The SMILES string of the molecule is CC(C)(C)OC(=O)N1O[C@H]2C[C@@H]1[C@H]1[C@@H]2N=NN1C12CC3CC(CC(C3)C1)C2. The number of ether oxygens (including phenoxy) is 1. The monoisotopic (exact) mass is 374 g/mol. The summed E-state index contributed by atoms with van der Waals surface area (Å²) in [6.45, 7) is 5.68. The number of nitrogens with zero attached hydrogens (tertiary/aromatic N) is 4. The topological polar surface area (TPSA) is 66.7 Å². The van der Waals surface area contributed by atoms with Gasteiger partial charge < -0.3 is 4.74 Å². The van der Waals surface area contributed by atoms with Crippen LogP contribution >= 0.6 is 0 Å². The van der Waals surface area contributed by atoms with Crippen LogP contribution < -0.4 is 0 Å². The van der Waals surface area contributed by atoms with Crippen molar-refractivity contribution in [2.75, 3.05) is 0 Å². The normalized spacial score (nSPS) is 49.2. The first-order valence-corrected chi connectivity index (χ1v) is 10.7. The molecule has 2 aliphatic heterocycles. The number of hydrogen-bond donors (Lipinski definition) is 0. The van der Waals surface area contributed by atoms with E-state index in [0.29, 0.717) is 0 Å². The minimum atomic E-state index is -0.522. The fraction of sp³-hybridized carbons (Fsp3) is 0.950. The molecular weight excluding hydrogens is 344 g/mol. The first kappa shape index (κ1) is 16.6. The Morgan fingerprint density at radius 1 is 1.07 bits per heavy atom. The molecule has 5 saturated carbocycles. The molecule has 7 rings (SSSR count). The van der Waals surface area contributed by atoms with Crippen LogP contribution in [0.15, 0.2) is 10.3 Å². The predicted molar refractivity (Wildman–Crippen MR) is 96.5 cm³/mol. The van der Waals surface area contributed by atoms with Crippen LogP contribution in [0.25, 0.3) is 0 Å². The van der Waals surface area contributed by atoms with Gasteiger partial charge in [-0.2, -0.15) is 10.2 Å². The lowest BCUT2D eigenvalue weighted by atomic mass is 9.52. The van der Waals surface area contributed by atoms with Crippen molar-refractivity contribution in [2.45, 2.75) is 101 Å². The van der Waals surface area contributed by atoms with Crippen molar-refractivity contribution in [2.24, 2.45) is 28.1 Å². The minimum Gasteiger partial charge on any atom is -0.442 e. The Bertz CT molecular complexity index is 667. The van der Waals surface area contributed by atoms with Gasteiger partial charge in [0.15, 0.2) is 0 Å². The lowest BCUT2D eigenvalue weighted by Crippen LogP contribution is -2.64. The van der Waals surface area contributed by atoms with Gasteiger partial charge in [-0.05, 0) is 77.0 Å². The third-order valence-electron chi connectivity index (χ3n) is 7.78. The van der Waals surface area contributed by atoms with Gasteiger partial charge in [0.25, 0.3) is 0 Å². The number of hydroxylamine groups is 2. The number of amides is 1. The van der Waals surface area contributed by atoms with E-state index < -0.39 is 5.60 Å². The van der Waals surface area contributed by atoms with Crippen molar-refractivity contribution in [3.05, 3.63) is 0 Å². The second-order valence-corrected chi connectivity index (χ2v) is 10.9. The van der Waals surface area contributed by atoms with E-state index in [1.807, 2.05) is 20.8 Å². The number of carbonyl (C=O) groups is 1. The highest BCUT2D eigenvalue weighted by Gasteiger charge is 2.65. The van der Waals surface area contributed by atoms with Gasteiger partial charge in [-0.1, -0.05) is 5.22 Å². The van der Waals surface area contributed by atoms with Crippen molar-refractivity contribution >= 4 is 6.09 Å². The molecule has 5 aliphatic carbocycles. The molecule has 2 heterocycles. The van der Waals surface area contributed by atoms with Gasteiger partial charge >= 0.3 is 6.09 Å². The maximum absolute atomic E-state index is 12.7. The van der Waals surface area contributed by atoms with E-state index >= 15 is 0 Å². The van der Waals surface area contributed by atoms with Crippen molar-refractivity contribution in [3.63, 3.8) is 0 Å². The van der Waals surface area contributed by atoms with E-state index in [-0.39, 0.29) is 35.9 Å². The highest BCUT2D eigenvalue weighted by Crippen LogP contribution is 2.60. The zero-order chi connectivity index (χ0) is 18.6. The van der Waals surface area contributed by atoms with Crippen molar-refractivity contribution in [3.8, 4) is 0 Å². The summed E-state index contributed by atoms with van der Waals surface area (Å²) in [5.74, 6) is 2.59. The highest BCUT2D eigenvalue weighted by molar-refractivity contribution is 5.68. The van der Waals surface area contributed by atoms with E-state index in [1.54, 1.807) is 0 Å². The fourth-order valence-electron chi connectivity index (χ4n) is 7.40. The first-order valence-electron chi connectivity index (χ1n) is 10.7. The molecule has 4 atom stereocenters. The zero-order valence-electron chi connectivity index (χ0n) is 16.5. The maximum atomic E-state index is 12.7. The standard InChI is InChI=1S/C20H30N4O3/c1-19(2,3)26-18(25)23-14-7-15(27-23)16-17(14)24(22-21-16)20-8-11-4-12(9-20)6-13(5-11)10-20/h11-17H,4-10H2,1-3H3/t11?,12?,13?,14-,15+,16-,17+,20?/m1/s1. The predicted octanol–water partition coefficient (Wildman–Crippen LogP) is 3.70. The second-order valence-electron chi connectivity index (χ2n) is 10.9. The molecule has 0 radical (unpaired) electrons. The summed E-state index contributed by atoms with van der Waals surface area (Å²) >= 11 is 0. The van der Waals surface area contributed by atoms with E-state index in [4.69, 9.17) is 14.8 Å². The average molecular weight is 374 g/mol. The van der Waals surface area contributed by atoms with Gasteiger partial charge in [0, 0.05) is 6.42 Å². The van der Waals surface area contributed by atoms with Crippen LogP contribution in [-0.2, 0) is 9.57 Å². The summed E-state index contributed by atoms with van der Waals surface area (Å²) in [6, 6.07) is 0.229. The molecule has 1 saturated heterocycles. The van der Waals surface area contributed by atoms with Gasteiger partial charge in [0.05, 0.1) is 17.6 Å². The first-order chi connectivity index (χ1) is 12.8. The molecule has 6 fully saturated rings. The Kier molecular flexibility index (Phi) is 3.17. The van der Waals surface area contributed by atoms with Gasteiger partial charge in [-0.15, -0.1) is 0 Å². The second kappa shape index (κ2) is 5.16. The van der Waals surface area contributed by atoms with E-state index in [1.165, 1.54) is 43.6 Å². The van der Waals surface area contributed by atoms with E-state index in [2.05, 4.69) is 10.1 Å². The molecule has 7 nitrogen and oxygen atoms in total. The number of hydrogen-bond acceptors (Lipinski definition) is 6. The molecule has 148 valence electrons. The molecule has 0 N–H and O–H groups in total. The third kappa shape index (κ3) is 2.33. The lowest BCUT2D eigenvalue weighted by molar-refractivity contribution is -0.197. The van der Waals surface area contributed by atoms with Crippen molar-refractivity contribution in [1.82, 2.24) is 10.1 Å². The molecule has 6 bridgehead atoms. The molecule has 1 amide bonds. The maximum Gasteiger partial charge on any atom is 0.434 e.